The molecule has 22 heavy (non-hydrogen) atoms. The van der Waals surface area contributed by atoms with E-state index in [1.54, 1.807) is 36.5 Å². The predicted molar refractivity (Wildman–Crippen MR) is 95.1 cm³/mol. The van der Waals surface area contributed by atoms with Crippen LogP contribution in [0.15, 0.2) is 36.5 Å². The minimum absolute atomic E-state index is 0.0478. The number of nitrogens with one attached hydrogen (secondary N) is 2. The van der Waals surface area contributed by atoms with Crippen LogP contribution in [0.3, 0.4) is 0 Å². The minimum Gasteiger partial charge on any atom is -0.475 e. The van der Waals surface area contributed by atoms with Crippen LogP contribution >= 0.6 is 21.5 Å². The largest absolute Gasteiger partial charge is 0.475 e. The van der Waals surface area contributed by atoms with Crippen molar-refractivity contribution in [2.45, 2.75) is 20.0 Å². The molecule has 116 valence electrons. The highest BCUT2D eigenvalue weighted by atomic mass is 127. The molecule has 0 spiro atoms. The van der Waals surface area contributed by atoms with Crippen LogP contribution in [0.25, 0.3) is 0 Å². The number of ether oxygens (including phenoxy) is 1. The standard InChI is InChI=1S/C15H17IN4O2/c1-9(2)22-14-6-3-10(8-19-14)15(18)12-7-11(20-16-21)4-5-13(12)17/h3-9,18H,17H2,1-2H3,(H,20,21). The minimum atomic E-state index is -1.32. The summed E-state index contributed by atoms with van der Waals surface area (Å²) >= 11 is -1.32. The van der Waals surface area contributed by atoms with E-state index < -0.39 is 21.5 Å². The molecule has 0 atom stereocenters. The second kappa shape index (κ2) is 7.30. The zero-order valence-corrected chi connectivity index (χ0v) is 14.4. The molecule has 0 saturated heterocycles. The first-order valence-corrected chi connectivity index (χ1v) is 8.61. The summed E-state index contributed by atoms with van der Waals surface area (Å²) in [5.41, 5.74) is 8.57. The molecule has 0 amide bonds. The van der Waals surface area contributed by atoms with Crippen molar-refractivity contribution in [3.05, 3.63) is 47.7 Å². The van der Waals surface area contributed by atoms with Gasteiger partial charge in [-0.15, -0.1) is 0 Å². The van der Waals surface area contributed by atoms with Crippen molar-refractivity contribution in [2.75, 3.05) is 9.26 Å². The molecule has 7 heteroatoms. The van der Waals surface area contributed by atoms with Crippen LogP contribution in [-0.4, -0.2) is 16.8 Å². The smallest absolute Gasteiger partial charge is 0.270 e. The Labute approximate surface area is 139 Å². The van der Waals surface area contributed by atoms with E-state index in [4.69, 9.17) is 15.9 Å². The molecule has 0 fully saturated rings. The van der Waals surface area contributed by atoms with Crippen molar-refractivity contribution in [1.82, 2.24) is 4.98 Å². The second-order valence-corrected chi connectivity index (χ2v) is 5.88. The summed E-state index contributed by atoms with van der Waals surface area (Å²) in [5, 5.41) is 8.29. The third kappa shape index (κ3) is 4.00. The van der Waals surface area contributed by atoms with Gasteiger partial charge in [-0.1, -0.05) is 0 Å². The van der Waals surface area contributed by atoms with E-state index in [1.165, 1.54) is 0 Å². The molecule has 2 aromatic rings. The lowest BCUT2D eigenvalue weighted by Gasteiger charge is -2.11. The highest BCUT2D eigenvalue weighted by Crippen LogP contribution is 2.23. The second-order valence-electron chi connectivity index (χ2n) is 4.90. The number of rotatable bonds is 6. The van der Waals surface area contributed by atoms with Crippen molar-refractivity contribution in [3.8, 4) is 5.88 Å². The molecule has 1 heterocycles. The molecule has 0 unspecified atom stereocenters. The van der Waals surface area contributed by atoms with E-state index >= 15 is 0 Å². The first-order valence-electron chi connectivity index (χ1n) is 6.65. The average Bonchev–Trinajstić information content (AvgIpc) is 2.49. The van der Waals surface area contributed by atoms with Crippen LogP contribution in [0.1, 0.15) is 25.0 Å². The first-order chi connectivity index (χ1) is 10.5. The Kier molecular flexibility index (Phi) is 5.42. The fourth-order valence-electron chi connectivity index (χ4n) is 1.87. The predicted octanol–water partition coefficient (Wildman–Crippen LogP) is 3.51. The molecule has 6 nitrogen and oxygen atoms in total. The van der Waals surface area contributed by atoms with Gasteiger partial charge >= 0.3 is 0 Å². The van der Waals surface area contributed by atoms with E-state index in [9.17, 15) is 3.07 Å². The lowest BCUT2D eigenvalue weighted by atomic mass is 10.0. The van der Waals surface area contributed by atoms with Gasteiger partial charge in [0.25, 0.3) is 21.5 Å². The van der Waals surface area contributed by atoms with Gasteiger partial charge in [-0.05, 0) is 38.1 Å². The number of pyridine rings is 1. The summed E-state index contributed by atoms with van der Waals surface area (Å²) in [4.78, 5) is 4.19. The molecular weight excluding hydrogens is 395 g/mol. The summed E-state index contributed by atoms with van der Waals surface area (Å²) in [5.74, 6) is 0.519. The zero-order valence-electron chi connectivity index (χ0n) is 12.3. The Morgan fingerprint density at radius 1 is 1.36 bits per heavy atom. The number of benzene rings is 1. The van der Waals surface area contributed by atoms with Gasteiger partial charge < -0.3 is 14.0 Å². The number of nitrogen functional groups attached to an aromatic ring is 1. The molecular formula is C15H17IN4O2. The summed E-state index contributed by atoms with van der Waals surface area (Å²) in [6.07, 6.45) is 1.63. The molecule has 0 radical (unpaired) electrons. The van der Waals surface area contributed by atoms with E-state index in [1.807, 2.05) is 13.8 Å². The molecule has 1 aromatic carbocycles. The van der Waals surface area contributed by atoms with Crippen LogP contribution in [-0.2, 0) is 3.07 Å². The molecule has 0 aliphatic rings. The average molecular weight is 412 g/mol. The van der Waals surface area contributed by atoms with Gasteiger partial charge in [-0.25, -0.2) is 8.05 Å². The molecule has 0 aliphatic heterocycles. The normalized spacial score (nSPS) is 10.5. The Morgan fingerprint density at radius 2 is 2.14 bits per heavy atom. The Balaban J connectivity index is 2.27. The molecule has 4 N–H and O–H groups in total. The van der Waals surface area contributed by atoms with Crippen LogP contribution in [0.4, 0.5) is 11.4 Å². The van der Waals surface area contributed by atoms with Gasteiger partial charge in [0.2, 0.25) is 5.88 Å². The topological polar surface area (TPSA) is 101 Å². The Hall–Kier alpha value is -2.03. The third-order valence-corrected chi connectivity index (χ3v) is 3.69. The highest BCUT2D eigenvalue weighted by Gasteiger charge is 2.11. The summed E-state index contributed by atoms with van der Waals surface area (Å²) in [6, 6.07) is 8.64. The number of nitrogens with zero attached hydrogens (tertiary/aromatic N) is 1. The Morgan fingerprint density at radius 3 is 2.73 bits per heavy atom. The first kappa shape index (κ1) is 16.3. The highest BCUT2D eigenvalue weighted by molar-refractivity contribution is 14.1. The number of hydrogen-bond acceptors (Lipinski definition) is 5. The molecule has 0 bridgehead atoms. The number of anilines is 2. The molecule has 2 rings (SSSR count). The number of hydrogen-bond donors (Lipinski definition) is 3. The van der Waals surface area contributed by atoms with Crippen molar-refractivity contribution in [2.24, 2.45) is 0 Å². The summed E-state index contributed by atoms with van der Waals surface area (Å²) in [6.45, 7) is 3.85. The van der Waals surface area contributed by atoms with Crippen LogP contribution < -0.4 is 14.0 Å². The van der Waals surface area contributed by atoms with E-state index in [-0.39, 0.29) is 11.8 Å². The van der Waals surface area contributed by atoms with Crippen LogP contribution in [0, 0.1) is 5.41 Å². The van der Waals surface area contributed by atoms with Crippen molar-refractivity contribution in [1.29, 1.82) is 5.41 Å². The van der Waals surface area contributed by atoms with Crippen molar-refractivity contribution >= 4 is 38.6 Å². The van der Waals surface area contributed by atoms with E-state index in [2.05, 4.69) is 8.51 Å². The van der Waals surface area contributed by atoms with Crippen LogP contribution in [0.2, 0.25) is 0 Å². The third-order valence-electron chi connectivity index (χ3n) is 2.85. The van der Waals surface area contributed by atoms with Crippen LogP contribution in [0.5, 0.6) is 5.88 Å². The number of halogens is 1. The monoisotopic (exact) mass is 412 g/mol. The van der Waals surface area contributed by atoms with Crippen molar-refractivity contribution in [3.63, 3.8) is 0 Å². The molecule has 1 aromatic heterocycles. The van der Waals surface area contributed by atoms with E-state index in [0.717, 1.165) is 0 Å². The molecule has 0 saturated carbocycles. The fourth-order valence-corrected chi connectivity index (χ4v) is 2.46. The maximum absolute atomic E-state index is 10.8. The van der Waals surface area contributed by atoms with Gasteiger partial charge in [-0.3, -0.25) is 5.41 Å². The quantitative estimate of drug-likeness (QED) is 0.292. The van der Waals surface area contributed by atoms with Crippen molar-refractivity contribution < 1.29 is 7.81 Å². The maximum Gasteiger partial charge on any atom is 0.270 e. The molecule has 0 aliphatic carbocycles. The fraction of sp³-hybridized carbons (Fsp3) is 0.200. The SMILES string of the molecule is CC(C)Oc1ccc(C(=N)c2cc(NI=O)ccc2N)cn1. The van der Waals surface area contributed by atoms with Gasteiger partial charge in [0.1, 0.15) is 0 Å². The lowest BCUT2D eigenvalue weighted by Crippen LogP contribution is -2.09. The van der Waals surface area contributed by atoms with Gasteiger partial charge in [0.05, 0.1) is 11.8 Å². The number of aromatic nitrogens is 1. The maximum atomic E-state index is 10.8. The summed E-state index contributed by atoms with van der Waals surface area (Å²) < 4.78 is 19.0. The number of nitrogens with two attached hydrogens (primary N) is 1. The van der Waals surface area contributed by atoms with Gasteiger partial charge in [0.15, 0.2) is 0 Å². The Bertz CT molecular complexity index is 686. The summed E-state index contributed by atoms with van der Waals surface area (Å²) in [7, 11) is 0. The van der Waals surface area contributed by atoms with Gasteiger partial charge in [-0.2, -0.15) is 0 Å². The van der Waals surface area contributed by atoms with E-state index in [0.29, 0.717) is 28.4 Å². The lowest BCUT2D eigenvalue weighted by molar-refractivity contribution is 0.232. The zero-order chi connectivity index (χ0) is 16.1. The van der Waals surface area contributed by atoms with Gasteiger partial charge in [0, 0.05) is 34.8 Å².